The fourth-order valence-corrected chi connectivity index (χ4v) is 7.43. The Kier molecular flexibility index (Phi) is 12.3. The van der Waals surface area contributed by atoms with Crippen LogP contribution in [0.15, 0.2) is 79.1 Å². The van der Waals surface area contributed by atoms with E-state index in [1.807, 2.05) is 44.4 Å². The Morgan fingerprint density at radius 3 is 2.43 bits per heavy atom. The van der Waals surface area contributed by atoms with Crippen LogP contribution in [0.1, 0.15) is 69.8 Å². The Morgan fingerprint density at radius 2 is 1.69 bits per heavy atom. The lowest BCUT2D eigenvalue weighted by Gasteiger charge is -2.21. The Hall–Kier alpha value is -5.27. The molecule has 1 heterocycles. The van der Waals surface area contributed by atoms with Gasteiger partial charge in [0.2, 0.25) is 0 Å². The Bertz CT molecular complexity index is 2220. The average molecular weight is 747 g/mol. The number of fused-ring (bicyclic) bond motifs is 1. The number of carboxylic acid groups (broad SMARTS) is 1. The molecule has 0 radical (unpaired) electrons. The third-order valence-corrected chi connectivity index (χ3v) is 10.4. The highest BCUT2D eigenvalue weighted by molar-refractivity contribution is 6.32. The standard InChI is InChI=1S/C44H44ClFN4O4/c1-27-32(8-5-9-34(27)35-10-6-11-36(28(35)2)38-17-31-13-14-41(50(3)4)37(31)19-40(38)46)26-54-43-20-42(53-25-30-16-29(21-47)22-49-23-30)33(18-39(43)45)24-48-15-7-12-44(51)52/h5-6,8-11,16-20,22-23,41,48H,7,12-15,24-26H2,1-4H3,(H,51,52). The van der Waals surface area contributed by atoms with Gasteiger partial charge in [-0.1, -0.05) is 48.0 Å². The van der Waals surface area contributed by atoms with Crippen molar-refractivity contribution in [1.82, 2.24) is 15.2 Å². The molecule has 0 saturated carbocycles. The molecular weight excluding hydrogens is 703 g/mol. The maximum absolute atomic E-state index is 15.8. The fourth-order valence-electron chi connectivity index (χ4n) is 7.19. The number of aliphatic carboxylic acids is 1. The minimum Gasteiger partial charge on any atom is -0.488 e. The summed E-state index contributed by atoms with van der Waals surface area (Å²) in [4.78, 5) is 17.2. The molecule has 4 aromatic carbocycles. The molecule has 1 aliphatic carbocycles. The van der Waals surface area contributed by atoms with Crippen LogP contribution in [-0.4, -0.2) is 41.6 Å². The molecular formula is C44H44ClFN4O4. The quantitative estimate of drug-likeness (QED) is 0.102. The van der Waals surface area contributed by atoms with E-state index < -0.39 is 5.97 Å². The van der Waals surface area contributed by atoms with E-state index in [2.05, 4.69) is 47.3 Å². The number of benzene rings is 4. The fraction of sp³-hybridized carbons (Fsp3) is 0.295. The van der Waals surface area contributed by atoms with Gasteiger partial charge in [-0.25, -0.2) is 4.39 Å². The summed E-state index contributed by atoms with van der Waals surface area (Å²) < 4.78 is 28.3. The highest BCUT2D eigenvalue weighted by atomic mass is 35.5. The summed E-state index contributed by atoms with van der Waals surface area (Å²) >= 11 is 6.78. The maximum Gasteiger partial charge on any atom is 0.303 e. The zero-order valence-electron chi connectivity index (χ0n) is 31.0. The zero-order valence-corrected chi connectivity index (χ0v) is 31.8. The van der Waals surface area contributed by atoms with E-state index in [1.54, 1.807) is 30.5 Å². The van der Waals surface area contributed by atoms with Crippen molar-refractivity contribution in [2.45, 2.75) is 65.3 Å². The lowest BCUT2D eigenvalue weighted by atomic mass is 9.88. The van der Waals surface area contributed by atoms with Gasteiger partial charge in [0, 0.05) is 54.2 Å². The van der Waals surface area contributed by atoms with Crippen LogP contribution in [0.2, 0.25) is 5.02 Å². The van der Waals surface area contributed by atoms with Crippen LogP contribution < -0.4 is 14.8 Å². The monoisotopic (exact) mass is 746 g/mol. The minimum absolute atomic E-state index is 0.0720. The Labute approximate surface area is 321 Å². The number of rotatable bonds is 15. The number of carbonyl (C=O) groups is 1. The first-order valence-corrected chi connectivity index (χ1v) is 18.4. The first-order valence-electron chi connectivity index (χ1n) is 18.1. The average Bonchev–Trinajstić information content (AvgIpc) is 3.57. The molecule has 54 heavy (non-hydrogen) atoms. The van der Waals surface area contributed by atoms with E-state index in [9.17, 15) is 10.1 Å². The number of nitriles is 1. The number of carboxylic acids is 1. The molecule has 10 heteroatoms. The summed E-state index contributed by atoms with van der Waals surface area (Å²) in [6.07, 6.45) is 5.62. The van der Waals surface area contributed by atoms with E-state index >= 15 is 4.39 Å². The summed E-state index contributed by atoms with van der Waals surface area (Å²) in [5.41, 5.74) is 10.8. The van der Waals surface area contributed by atoms with Gasteiger partial charge in [-0.2, -0.15) is 5.26 Å². The number of ether oxygens (including phenoxy) is 2. The number of pyridine rings is 1. The van der Waals surface area contributed by atoms with Crippen molar-refractivity contribution in [2.24, 2.45) is 0 Å². The van der Waals surface area contributed by atoms with E-state index in [0.717, 1.165) is 62.9 Å². The van der Waals surface area contributed by atoms with Crippen molar-refractivity contribution in [1.29, 1.82) is 5.26 Å². The number of aromatic nitrogens is 1. The van der Waals surface area contributed by atoms with Crippen LogP contribution in [0, 0.1) is 31.0 Å². The number of aryl methyl sites for hydroxylation is 1. The molecule has 0 spiro atoms. The second-order valence-corrected chi connectivity index (χ2v) is 14.4. The number of nitrogens with one attached hydrogen (secondary N) is 1. The zero-order chi connectivity index (χ0) is 38.4. The van der Waals surface area contributed by atoms with E-state index in [-0.39, 0.29) is 31.5 Å². The molecule has 1 aliphatic rings. The molecule has 5 aromatic rings. The SMILES string of the molecule is Cc1c(COc2cc(OCc3cncc(C#N)c3)c(CNCCCC(=O)O)cc2Cl)cccc1-c1cccc(-c2cc3c(cc2F)C(N(C)C)CC3)c1C. The Morgan fingerprint density at radius 1 is 0.963 bits per heavy atom. The van der Waals surface area contributed by atoms with Crippen LogP contribution in [-0.2, 0) is 31.0 Å². The third-order valence-electron chi connectivity index (χ3n) is 10.1. The van der Waals surface area contributed by atoms with Crippen LogP contribution >= 0.6 is 11.6 Å². The molecule has 8 nitrogen and oxygen atoms in total. The van der Waals surface area contributed by atoms with Crippen molar-refractivity contribution in [3.05, 3.63) is 134 Å². The normalized spacial score (nSPS) is 13.5. The highest BCUT2D eigenvalue weighted by Crippen LogP contribution is 2.41. The second-order valence-electron chi connectivity index (χ2n) is 14.0. The third kappa shape index (κ3) is 8.74. The number of hydrogen-bond donors (Lipinski definition) is 2. The first-order chi connectivity index (χ1) is 26.0. The lowest BCUT2D eigenvalue weighted by molar-refractivity contribution is -0.137. The summed E-state index contributed by atoms with van der Waals surface area (Å²) in [6.45, 7) is 5.44. The van der Waals surface area contributed by atoms with Crippen LogP contribution in [0.5, 0.6) is 11.5 Å². The van der Waals surface area contributed by atoms with Gasteiger partial charge in [0.05, 0.1) is 10.6 Å². The second kappa shape index (κ2) is 17.3. The molecule has 0 fully saturated rings. The number of halogens is 2. The van der Waals surface area contributed by atoms with E-state index in [0.29, 0.717) is 47.2 Å². The van der Waals surface area contributed by atoms with Crippen molar-refractivity contribution in [2.75, 3.05) is 20.6 Å². The predicted molar refractivity (Wildman–Crippen MR) is 209 cm³/mol. The summed E-state index contributed by atoms with van der Waals surface area (Å²) in [6, 6.07) is 23.6. The summed E-state index contributed by atoms with van der Waals surface area (Å²) in [5.74, 6) is -0.0610. The molecule has 6 rings (SSSR count). The number of hydrogen-bond acceptors (Lipinski definition) is 7. The van der Waals surface area contributed by atoms with Gasteiger partial charge in [0.15, 0.2) is 0 Å². The van der Waals surface area contributed by atoms with Gasteiger partial charge in [-0.05, 0) is 123 Å². The molecule has 1 aromatic heterocycles. The van der Waals surface area contributed by atoms with Crippen molar-refractivity contribution in [3.8, 4) is 39.8 Å². The molecule has 1 unspecified atom stereocenters. The molecule has 2 N–H and O–H groups in total. The van der Waals surface area contributed by atoms with Gasteiger partial charge in [-0.3, -0.25) is 9.78 Å². The maximum atomic E-state index is 15.8. The van der Waals surface area contributed by atoms with Gasteiger partial charge in [-0.15, -0.1) is 0 Å². The van der Waals surface area contributed by atoms with Gasteiger partial charge in [0.25, 0.3) is 0 Å². The first kappa shape index (κ1) is 38.5. The summed E-state index contributed by atoms with van der Waals surface area (Å²) in [7, 11) is 4.09. The number of nitrogens with zero attached hydrogens (tertiary/aromatic N) is 3. The molecule has 0 bridgehead atoms. The molecule has 0 saturated heterocycles. The molecule has 1 atom stereocenters. The molecule has 278 valence electrons. The van der Waals surface area contributed by atoms with Gasteiger partial charge in [0.1, 0.15) is 36.6 Å². The molecule has 0 aliphatic heterocycles. The smallest absolute Gasteiger partial charge is 0.303 e. The van der Waals surface area contributed by atoms with Gasteiger partial charge < -0.3 is 24.8 Å². The largest absolute Gasteiger partial charge is 0.488 e. The lowest BCUT2D eigenvalue weighted by Crippen LogP contribution is -2.17. The van der Waals surface area contributed by atoms with Crippen molar-refractivity contribution >= 4 is 17.6 Å². The van der Waals surface area contributed by atoms with Crippen molar-refractivity contribution < 1.29 is 23.8 Å². The van der Waals surface area contributed by atoms with Crippen LogP contribution in [0.25, 0.3) is 22.3 Å². The van der Waals surface area contributed by atoms with E-state index in [1.165, 1.54) is 11.8 Å². The van der Waals surface area contributed by atoms with E-state index in [4.69, 9.17) is 26.2 Å². The molecule has 0 amide bonds. The Balaban J connectivity index is 1.23. The van der Waals surface area contributed by atoms with Crippen molar-refractivity contribution in [3.63, 3.8) is 0 Å². The summed E-state index contributed by atoms with van der Waals surface area (Å²) in [5, 5.41) is 22.0. The van der Waals surface area contributed by atoms with Crippen LogP contribution in [0.3, 0.4) is 0 Å². The predicted octanol–water partition coefficient (Wildman–Crippen LogP) is 9.36. The van der Waals surface area contributed by atoms with Crippen LogP contribution in [0.4, 0.5) is 4.39 Å². The van der Waals surface area contributed by atoms with Gasteiger partial charge >= 0.3 is 5.97 Å². The highest BCUT2D eigenvalue weighted by Gasteiger charge is 2.27. The minimum atomic E-state index is -0.841. The topological polar surface area (TPSA) is 108 Å².